The van der Waals surface area contributed by atoms with E-state index in [1.54, 1.807) is 31.4 Å². The van der Waals surface area contributed by atoms with Gasteiger partial charge in [0.25, 0.3) is 0 Å². The Labute approximate surface area is 267 Å². The Morgan fingerprint density at radius 3 is 2.57 bits per heavy atom. The number of benzene rings is 1. The molecule has 44 heavy (non-hydrogen) atoms. The number of alkyl halides is 3. The van der Waals surface area contributed by atoms with Crippen LogP contribution in [-0.4, -0.2) is 76.0 Å². The Morgan fingerprint density at radius 1 is 1.16 bits per heavy atom. The van der Waals surface area contributed by atoms with Crippen molar-refractivity contribution in [3.8, 4) is 0 Å². The molecular formula is C30H36F3IN6O4. The number of anilines is 1. The summed E-state index contributed by atoms with van der Waals surface area (Å²) in [5.41, 5.74) is 0.824. The number of hydrogen-bond donors (Lipinski definition) is 1. The van der Waals surface area contributed by atoms with Crippen LogP contribution in [-0.2, 0) is 33.4 Å². The molecule has 1 aromatic carbocycles. The van der Waals surface area contributed by atoms with Gasteiger partial charge in [0, 0.05) is 26.1 Å². The number of fused-ring (bicyclic) bond motifs is 1. The molecular weight excluding hydrogens is 692 g/mol. The van der Waals surface area contributed by atoms with E-state index in [1.165, 1.54) is 17.9 Å². The molecule has 5 rings (SSSR count). The van der Waals surface area contributed by atoms with Crippen LogP contribution in [0.2, 0.25) is 0 Å². The third kappa shape index (κ3) is 7.05. The Hall–Kier alpha value is -3.14. The lowest BCUT2D eigenvalue weighted by atomic mass is 9.98. The fraction of sp³-hybridized carbons (Fsp3) is 0.533. The average molecular weight is 729 g/mol. The molecule has 4 heterocycles. The van der Waals surface area contributed by atoms with Crippen molar-refractivity contribution in [1.82, 2.24) is 24.8 Å². The highest BCUT2D eigenvalue weighted by molar-refractivity contribution is 14.1. The highest BCUT2D eigenvalue weighted by atomic mass is 127. The molecule has 2 amide bonds. The first kappa shape index (κ1) is 32.3. The minimum absolute atomic E-state index is 0.0111. The van der Waals surface area contributed by atoms with Gasteiger partial charge >= 0.3 is 12.3 Å². The van der Waals surface area contributed by atoms with Gasteiger partial charge in [0.05, 0.1) is 40.3 Å². The molecule has 0 spiro atoms. The van der Waals surface area contributed by atoms with Crippen molar-refractivity contribution in [2.45, 2.75) is 71.3 Å². The SMILES string of the molecule is Cc1c(Cc2c(CNC(=O)[C@@H]3CCCN3C(=O)OC(C)(C)C)nc3c(I)cc(N4CCOCC4)nn23)cccc1C(F)(F)F. The van der Waals surface area contributed by atoms with Crippen molar-refractivity contribution >= 4 is 46.1 Å². The highest BCUT2D eigenvalue weighted by Crippen LogP contribution is 2.34. The quantitative estimate of drug-likeness (QED) is 0.353. The van der Waals surface area contributed by atoms with Crippen molar-refractivity contribution in [3.05, 3.63) is 55.9 Å². The summed E-state index contributed by atoms with van der Waals surface area (Å²) in [5, 5.41) is 7.79. The summed E-state index contributed by atoms with van der Waals surface area (Å²) in [4.78, 5) is 34.5. The predicted molar refractivity (Wildman–Crippen MR) is 166 cm³/mol. The normalized spacial score (nSPS) is 17.8. The van der Waals surface area contributed by atoms with Crippen LogP contribution in [0.5, 0.6) is 0 Å². The van der Waals surface area contributed by atoms with Crippen LogP contribution < -0.4 is 10.2 Å². The Balaban J connectivity index is 1.48. The number of amides is 2. The molecule has 0 radical (unpaired) electrons. The molecule has 2 saturated heterocycles. The molecule has 2 aromatic heterocycles. The van der Waals surface area contributed by atoms with E-state index in [9.17, 15) is 22.8 Å². The molecule has 1 atom stereocenters. The van der Waals surface area contributed by atoms with Crippen molar-refractivity contribution < 1.29 is 32.2 Å². The number of ether oxygens (including phenoxy) is 2. The molecule has 10 nitrogen and oxygen atoms in total. The minimum atomic E-state index is -4.49. The van der Waals surface area contributed by atoms with Gasteiger partial charge in [-0.2, -0.15) is 13.2 Å². The minimum Gasteiger partial charge on any atom is -0.444 e. The number of carbonyl (C=O) groups excluding carboxylic acids is 2. The number of morpholine rings is 1. The number of rotatable bonds is 6. The second-order valence-electron chi connectivity index (χ2n) is 12.0. The zero-order chi connectivity index (χ0) is 31.8. The topological polar surface area (TPSA) is 101 Å². The maximum Gasteiger partial charge on any atom is 0.416 e. The van der Waals surface area contributed by atoms with Crippen molar-refractivity contribution in [3.63, 3.8) is 0 Å². The summed E-state index contributed by atoms with van der Waals surface area (Å²) in [6.45, 7) is 9.64. The van der Waals surface area contributed by atoms with Gasteiger partial charge in [0.2, 0.25) is 5.91 Å². The molecule has 0 aliphatic carbocycles. The van der Waals surface area contributed by atoms with Crippen LogP contribution in [0, 0.1) is 10.5 Å². The Morgan fingerprint density at radius 2 is 1.89 bits per heavy atom. The summed E-state index contributed by atoms with van der Waals surface area (Å²) in [6.07, 6.45) is -3.76. The average Bonchev–Trinajstić information content (AvgIpc) is 3.58. The van der Waals surface area contributed by atoms with E-state index in [0.717, 1.165) is 9.64 Å². The number of nitrogens with one attached hydrogen (secondary N) is 1. The summed E-state index contributed by atoms with van der Waals surface area (Å²) in [6, 6.07) is 5.37. The summed E-state index contributed by atoms with van der Waals surface area (Å²) in [5.74, 6) is 0.363. The third-order valence-electron chi connectivity index (χ3n) is 7.76. The molecule has 0 saturated carbocycles. The number of likely N-dealkylation sites (tertiary alicyclic amines) is 1. The van der Waals surface area contributed by atoms with Gasteiger partial charge in [-0.25, -0.2) is 14.3 Å². The molecule has 238 valence electrons. The van der Waals surface area contributed by atoms with Crippen LogP contribution >= 0.6 is 22.6 Å². The maximum atomic E-state index is 13.8. The molecule has 2 aliphatic heterocycles. The third-order valence-corrected chi connectivity index (χ3v) is 8.55. The van der Waals surface area contributed by atoms with Crippen LogP contribution in [0.25, 0.3) is 5.65 Å². The van der Waals surface area contributed by atoms with Gasteiger partial charge < -0.3 is 19.7 Å². The van der Waals surface area contributed by atoms with E-state index >= 15 is 0 Å². The molecule has 1 N–H and O–H groups in total. The number of aromatic nitrogens is 3. The van der Waals surface area contributed by atoms with Crippen molar-refractivity contribution in [2.75, 3.05) is 37.7 Å². The van der Waals surface area contributed by atoms with E-state index < -0.39 is 29.5 Å². The zero-order valence-corrected chi connectivity index (χ0v) is 27.3. The van der Waals surface area contributed by atoms with Crippen LogP contribution in [0.15, 0.2) is 24.3 Å². The fourth-order valence-corrected chi connectivity index (χ4v) is 6.18. The second-order valence-corrected chi connectivity index (χ2v) is 13.2. The number of hydrogen-bond acceptors (Lipinski definition) is 7. The van der Waals surface area contributed by atoms with Gasteiger partial charge in [0.1, 0.15) is 11.6 Å². The van der Waals surface area contributed by atoms with Gasteiger partial charge in [-0.15, -0.1) is 5.10 Å². The summed E-state index contributed by atoms with van der Waals surface area (Å²) in [7, 11) is 0. The van der Waals surface area contributed by atoms with Gasteiger partial charge in [-0.1, -0.05) is 12.1 Å². The molecule has 2 fully saturated rings. The van der Waals surface area contributed by atoms with Gasteiger partial charge in [-0.3, -0.25) is 9.69 Å². The molecule has 0 bridgehead atoms. The van der Waals surface area contributed by atoms with E-state index in [1.807, 2.05) is 6.07 Å². The van der Waals surface area contributed by atoms with E-state index in [-0.39, 0.29) is 24.4 Å². The molecule has 14 heteroatoms. The highest BCUT2D eigenvalue weighted by Gasteiger charge is 2.37. The summed E-state index contributed by atoms with van der Waals surface area (Å²) < 4.78 is 54.7. The molecule has 0 unspecified atom stereocenters. The van der Waals surface area contributed by atoms with Crippen LogP contribution in [0.3, 0.4) is 0 Å². The van der Waals surface area contributed by atoms with E-state index in [0.29, 0.717) is 74.1 Å². The number of nitrogens with zero attached hydrogens (tertiary/aromatic N) is 5. The van der Waals surface area contributed by atoms with E-state index in [4.69, 9.17) is 19.6 Å². The van der Waals surface area contributed by atoms with Crippen LogP contribution in [0.4, 0.5) is 23.8 Å². The van der Waals surface area contributed by atoms with Gasteiger partial charge in [0.15, 0.2) is 11.5 Å². The standard InChI is InChI=1S/C30H36F3IN6O4/c1-18-19(7-5-8-20(18)30(31,32)33)15-24-22(17-35-27(41)23-9-6-10-39(23)28(42)44-29(2,3)4)36-26-21(34)16-25(37-40(24)26)38-11-13-43-14-12-38/h5,7-8,16,23H,6,9-15,17H2,1-4H3,(H,35,41)/t23-/m0/s1. The first-order chi connectivity index (χ1) is 20.7. The smallest absolute Gasteiger partial charge is 0.416 e. The number of carbonyl (C=O) groups is 2. The largest absolute Gasteiger partial charge is 0.444 e. The molecule has 2 aliphatic rings. The number of imidazole rings is 1. The number of halogens is 4. The first-order valence-corrected chi connectivity index (χ1v) is 15.6. The van der Waals surface area contributed by atoms with E-state index in [2.05, 4.69) is 32.8 Å². The Kier molecular flexibility index (Phi) is 9.31. The second kappa shape index (κ2) is 12.7. The summed E-state index contributed by atoms with van der Waals surface area (Å²) >= 11 is 2.18. The van der Waals surface area contributed by atoms with Crippen molar-refractivity contribution in [2.24, 2.45) is 0 Å². The molecule has 3 aromatic rings. The monoisotopic (exact) mass is 728 g/mol. The lowest BCUT2D eigenvalue weighted by Gasteiger charge is -2.28. The van der Waals surface area contributed by atoms with Gasteiger partial charge in [-0.05, 0) is 86.4 Å². The van der Waals surface area contributed by atoms with Crippen molar-refractivity contribution in [1.29, 1.82) is 0 Å². The maximum absolute atomic E-state index is 13.8. The first-order valence-electron chi connectivity index (χ1n) is 14.6. The lowest BCUT2D eigenvalue weighted by molar-refractivity contribution is -0.138. The zero-order valence-electron chi connectivity index (χ0n) is 25.1. The fourth-order valence-electron chi connectivity index (χ4n) is 5.56. The Bertz CT molecular complexity index is 1550. The van der Waals surface area contributed by atoms with Crippen LogP contribution in [0.1, 0.15) is 61.7 Å². The predicted octanol–water partition coefficient (Wildman–Crippen LogP) is 5.10. The lowest BCUT2D eigenvalue weighted by Crippen LogP contribution is -2.47.